The number of hydrogen-bond donors (Lipinski definition) is 2. The summed E-state index contributed by atoms with van der Waals surface area (Å²) in [6.07, 6.45) is 3.05. The molecule has 0 fully saturated rings. The maximum Gasteiger partial charge on any atom is 0.255 e. The van der Waals surface area contributed by atoms with Crippen LogP contribution in [0.2, 0.25) is 0 Å². The van der Waals surface area contributed by atoms with Gasteiger partial charge in [0.1, 0.15) is 5.75 Å². The fourth-order valence-electron chi connectivity index (χ4n) is 1.16. The van der Waals surface area contributed by atoms with Crippen LogP contribution in [0.4, 0.5) is 0 Å². The zero-order chi connectivity index (χ0) is 12.2. The minimum Gasteiger partial charge on any atom is -0.494 e. The molecule has 0 aliphatic rings. The summed E-state index contributed by atoms with van der Waals surface area (Å²) in [4.78, 5) is 15.8. The third-order valence-corrected chi connectivity index (χ3v) is 2.21. The number of pyridine rings is 1. The van der Waals surface area contributed by atoms with Crippen LogP contribution in [0.3, 0.4) is 0 Å². The minimum absolute atomic E-state index is 0.213. The van der Waals surface area contributed by atoms with E-state index in [0.717, 1.165) is 0 Å². The van der Waals surface area contributed by atoms with E-state index in [2.05, 4.69) is 10.3 Å². The molecular formula is C11H17N3O2. The van der Waals surface area contributed by atoms with Crippen LogP contribution in [0.25, 0.3) is 0 Å². The summed E-state index contributed by atoms with van der Waals surface area (Å²) in [6.45, 7) is 4.09. The normalized spacial score (nSPS) is 11.0. The van der Waals surface area contributed by atoms with Gasteiger partial charge in [0.2, 0.25) is 0 Å². The lowest BCUT2D eigenvalue weighted by molar-refractivity contribution is 0.0912. The van der Waals surface area contributed by atoms with Crippen molar-refractivity contribution in [2.45, 2.75) is 19.4 Å². The van der Waals surface area contributed by atoms with E-state index in [0.29, 0.717) is 17.9 Å². The van der Waals surface area contributed by atoms with E-state index in [-0.39, 0.29) is 5.91 Å². The van der Waals surface area contributed by atoms with Gasteiger partial charge in [0.15, 0.2) is 0 Å². The third kappa shape index (κ3) is 2.93. The Hall–Kier alpha value is -1.62. The van der Waals surface area contributed by atoms with Crippen molar-refractivity contribution in [1.29, 1.82) is 0 Å². The van der Waals surface area contributed by atoms with Gasteiger partial charge in [-0.3, -0.25) is 9.78 Å². The topological polar surface area (TPSA) is 77.2 Å². The van der Waals surface area contributed by atoms with E-state index in [1.807, 2.05) is 13.8 Å². The second-order valence-electron chi connectivity index (χ2n) is 4.12. The highest BCUT2D eigenvalue weighted by Crippen LogP contribution is 2.16. The Morgan fingerprint density at radius 1 is 1.62 bits per heavy atom. The first-order valence-electron chi connectivity index (χ1n) is 5.01. The molecule has 1 aromatic rings. The van der Waals surface area contributed by atoms with Crippen LogP contribution >= 0.6 is 0 Å². The Balaban J connectivity index is 2.88. The van der Waals surface area contributed by atoms with Crippen LogP contribution in [0.15, 0.2) is 18.5 Å². The summed E-state index contributed by atoms with van der Waals surface area (Å²) in [5.41, 5.74) is 5.56. The molecule has 0 unspecified atom stereocenters. The van der Waals surface area contributed by atoms with Gasteiger partial charge in [0.05, 0.1) is 18.9 Å². The standard InChI is InChI=1S/C11H17N3O2/c1-11(2,7-12)14-10(15)8-4-5-13-6-9(8)16-3/h4-6H,7,12H2,1-3H3,(H,14,15). The molecule has 0 radical (unpaired) electrons. The molecule has 16 heavy (non-hydrogen) atoms. The van der Waals surface area contributed by atoms with Gasteiger partial charge in [0.25, 0.3) is 5.91 Å². The molecule has 0 aliphatic carbocycles. The first-order valence-corrected chi connectivity index (χ1v) is 5.01. The van der Waals surface area contributed by atoms with Crippen molar-refractivity contribution in [3.8, 4) is 5.75 Å². The van der Waals surface area contributed by atoms with Crippen LogP contribution in [-0.2, 0) is 0 Å². The molecule has 5 heteroatoms. The number of carbonyl (C=O) groups is 1. The molecular weight excluding hydrogens is 206 g/mol. The van der Waals surface area contributed by atoms with Crippen molar-refractivity contribution in [3.63, 3.8) is 0 Å². The predicted octanol–water partition coefficient (Wildman–Crippen LogP) is 0.557. The summed E-state index contributed by atoms with van der Waals surface area (Å²) in [7, 11) is 1.50. The first kappa shape index (κ1) is 12.4. The molecule has 1 rings (SSSR count). The Morgan fingerprint density at radius 3 is 2.88 bits per heavy atom. The first-order chi connectivity index (χ1) is 7.50. The van der Waals surface area contributed by atoms with Crippen LogP contribution in [0.5, 0.6) is 5.75 Å². The van der Waals surface area contributed by atoms with Gasteiger partial charge >= 0.3 is 0 Å². The van der Waals surface area contributed by atoms with Crippen LogP contribution < -0.4 is 15.8 Å². The molecule has 0 saturated carbocycles. The van der Waals surface area contributed by atoms with Crippen molar-refractivity contribution in [3.05, 3.63) is 24.0 Å². The number of amides is 1. The van der Waals surface area contributed by atoms with Crippen molar-refractivity contribution >= 4 is 5.91 Å². The molecule has 0 atom stereocenters. The minimum atomic E-state index is -0.439. The average molecular weight is 223 g/mol. The van der Waals surface area contributed by atoms with E-state index < -0.39 is 5.54 Å². The molecule has 0 bridgehead atoms. The number of nitrogens with two attached hydrogens (primary N) is 1. The number of hydrogen-bond acceptors (Lipinski definition) is 4. The maximum atomic E-state index is 11.9. The summed E-state index contributed by atoms with van der Waals surface area (Å²) in [5.74, 6) is 0.238. The molecule has 1 heterocycles. The lowest BCUT2D eigenvalue weighted by atomic mass is 10.1. The van der Waals surface area contributed by atoms with Gasteiger partial charge in [-0.05, 0) is 19.9 Å². The third-order valence-electron chi connectivity index (χ3n) is 2.21. The fraction of sp³-hybridized carbons (Fsp3) is 0.455. The molecule has 0 saturated heterocycles. The lowest BCUT2D eigenvalue weighted by Gasteiger charge is -2.24. The Kier molecular flexibility index (Phi) is 3.84. The molecule has 0 aromatic carbocycles. The van der Waals surface area contributed by atoms with Crippen molar-refractivity contribution in [2.24, 2.45) is 5.73 Å². The number of nitrogens with zero attached hydrogens (tertiary/aromatic N) is 1. The second kappa shape index (κ2) is 4.94. The maximum absolute atomic E-state index is 11.9. The van der Waals surface area contributed by atoms with E-state index >= 15 is 0 Å². The summed E-state index contributed by atoms with van der Waals surface area (Å²) >= 11 is 0. The highest BCUT2D eigenvalue weighted by Gasteiger charge is 2.21. The zero-order valence-corrected chi connectivity index (χ0v) is 9.78. The molecule has 3 N–H and O–H groups in total. The number of ether oxygens (including phenoxy) is 1. The predicted molar refractivity (Wildman–Crippen MR) is 61.4 cm³/mol. The van der Waals surface area contributed by atoms with Crippen molar-refractivity contribution in [2.75, 3.05) is 13.7 Å². The number of rotatable bonds is 4. The molecule has 5 nitrogen and oxygen atoms in total. The number of methoxy groups -OCH3 is 1. The quantitative estimate of drug-likeness (QED) is 0.781. The highest BCUT2D eigenvalue weighted by atomic mass is 16.5. The van der Waals surface area contributed by atoms with Gasteiger partial charge < -0.3 is 15.8 Å². The van der Waals surface area contributed by atoms with Crippen molar-refractivity contribution < 1.29 is 9.53 Å². The largest absolute Gasteiger partial charge is 0.494 e. The molecule has 88 valence electrons. The van der Waals surface area contributed by atoms with Crippen LogP contribution in [0, 0.1) is 0 Å². The van der Waals surface area contributed by atoms with Gasteiger partial charge in [-0.15, -0.1) is 0 Å². The summed E-state index contributed by atoms with van der Waals surface area (Å²) in [5, 5.41) is 2.83. The lowest BCUT2D eigenvalue weighted by Crippen LogP contribution is -2.48. The second-order valence-corrected chi connectivity index (χ2v) is 4.12. The molecule has 1 amide bonds. The number of carbonyl (C=O) groups excluding carboxylic acids is 1. The fourth-order valence-corrected chi connectivity index (χ4v) is 1.16. The van der Waals surface area contributed by atoms with Gasteiger partial charge in [-0.25, -0.2) is 0 Å². The van der Waals surface area contributed by atoms with Crippen LogP contribution in [-0.4, -0.2) is 30.1 Å². The van der Waals surface area contributed by atoms with Gasteiger partial charge in [0, 0.05) is 18.3 Å². The smallest absolute Gasteiger partial charge is 0.255 e. The van der Waals surface area contributed by atoms with Crippen molar-refractivity contribution in [1.82, 2.24) is 10.3 Å². The Bertz CT molecular complexity index is 377. The number of aromatic nitrogens is 1. The number of nitrogens with one attached hydrogen (secondary N) is 1. The van der Waals surface area contributed by atoms with E-state index in [1.54, 1.807) is 12.3 Å². The average Bonchev–Trinajstić information content (AvgIpc) is 2.28. The highest BCUT2D eigenvalue weighted by molar-refractivity contribution is 5.97. The monoisotopic (exact) mass is 223 g/mol. The SMILES string of the molecule is COc1cnccc1C(=O)NC(C)(C)CN. The zero-order valence-electron chi connectivity index (χ0n) is 9.78. The summed E-state index contributed by atoms with van der Waals surface area (Å²) < 4.78 is 5.06. The molecule has 1 aromatic heterocycles. The Morgan fingerprint density at radius 2 is 2.31 bits per heavy atom. The van der Waals surface area contributed by atoms with Crippen LogP contribution in [0.1, 0.15) is 24.2 Å². The summed E-state index contributed by atoms with van der Waals surface area (Å²) in [6, 6.07) is 1.61. The van der Waals surface area contributed by atoms with E-state index in [4.69, 9.17) is 10.5 Å². The van der Waals surface area contributed by atoms with Gasteiger partial charge in [-0.1, -0.05) is 0 Å². The Labute approximate surface area is 95.0 Å². The molecule has 0 spiro atoms. The van der Waals surface area contributed by atoms with E-state index in [1.165, 1.54) is 13.3 Å². The van der Waals surface area contributed by atoms with Gasteiger partial charge in [-0.2, -0.15) is 0 Å². The molecule has 0 aliphatic heterocycles. The van der Waals surface area contributed by atoms with E-state index in [9.17, 15) is 4.79 Å².